The van der Waals surface area contributed by atoms with Gasteiger partial charge in [-0.2, -0.15) is 0 Å². The van der Waals surface area contributed by atoms with E-state index in [4.69, 9.17) is 10.5 Å². The van der Waals surface area contributed by atoms with Crippen molar-refractivity contribution >= 4 is 23.6 Å². The van der Waals surface area contributed by atoms with E-state index in [0.717, 1.165) is 0 Å². The molecule has 8 heteroatoms. The third-order valence-electron chi connectivity index (χ3n) is 2.85. The van der Waals surface area contributed by atoms with Crippen LogP contribution in [0.5, 0.6) is 0 Å². The van der Waals surface area contributed by atoms with Crippen LogP contribution in [0.25, 0.3) is 0 Å². The van der Waals surface area contributed by atoms with Crippen LogP contribution in [0.4, 0.5) is 5.82 Å². The van der Waals surface area contributed by atoms with Gasteiger partial charge in [0.05, 0.1) is 12.9 Å². The van der Waals surface area contributed by atoms with Crippen molar-refractivity contribution in [1.82, 2.24) is 14.9 Å². The molecule has 0 aromatic carbocycles. The van der Waals surface area contributed by atoms with Crippen molar-refractivity contribution in [3.8, 4) is 0 Å². The van der Waals surface area contributed by atoms with Crippen molar-refractivity contribution in [2.45, 2.75) is 25.8 Å². The Morgan fingerprint density at radius 1 is 1.63 bits per heavy atom. The number of aromatic nitrogens is 2. The van der Waals surface area contributed by atoms with Gasteiger partial charge < -0.3 is 15.0 Å². The minimum Gasteiger partial charge on any atom is -0.461 e. The van der Waals surface area contributed by atoms with E-state index in [0.29, 0.717) is 6.42 Å². The SMILES string of the molecule is CCOC(=O)c1ncn(C2CCC(=O)NC2=O)c1N. The van der Waals surface area contributed by atoms with Gasteiger partial charge in [0, 0.05) is 6.42 Å². The van der Waals surface area contributed by atoms with E-state index < -0.39 is 17.9 Å². The number of nitrogen functional groups attached to an aromatic ring is 1. The summed E-state index contributed by atoms with van der Waals surface area (Å²) in [5.74, 6) is -1.33. The number of nitrogens with zero attached hydrogens (tertiary/aromatic N) is 2. The molecule has 0 aliphatic carbocycles. The molecule has 19 heavy (non-hydrogen) atoms. The summed E-state index contributed by atoms with van der Waals surface area (Å²) >= 11 is 0. The molecule has 1 aliphatic heterocycles. The molecule has 1 saturated heterocycles. The minimum absolute atomic E-state index is 0.0217. The lowest BCUT2D eigenvalue weighted by atomic mass is 10.1. The maximum atomic E-state index is 11.7. The van der Waals surface area contributed by atoms with Crippen molar-refractivity contribution in [2.24, 2.45) is 0 Å². The second-order valence-electron chi connectivity index (χ2n) is 4.07. The molecule has 2 rings (SSSR count). The van der Waals surface area contributed by atoms with E-state index in [9.17, 15) is 14.4 Å². The van der Waals surface area contributed by atoms with Gasteiger partial charge in [-0.05, 0) is 13.3 Å². The average Bonchev–Trinajstić information content (AvgIpc) is 2.72. The number of carbonyl (C=O) groups is 3. The summed E-state index contributed by atoms with van der Waals surface area (Å²) < 4.78 is 6.19. The summed E-state index contributed by atoms with van der Waals surface area (Å²) in [5, 5.41) is 2.22. The molecule has 1 aromatic heterocycles. The molecule has 1 unspecified atom stereocenters. The number of rotatable bonds is 3. The molecule has 1 atom stereocenters. The Labute approximate surface area is 108 Å². The van der Waals surface area contributed by atoms with E-state index in [1.54, 1.807) is 6.92 Å². The first-order chi connectivity index (χ1) is 9.04. The highest BCUT2D eigenvalue weighted by Gasteiger charge is 2.30. The summed E-state index contributed by atoms with van der Waals surface area (Å²) in [6.45, 7) is 1.88. The van der Waals surface area contributed by atoms with Gasteiger partial charge in [0.25, 0.3) is 0 Å². The zero-order chi connectivity index (χ0) is 14.0. The number of nitrogens with two attached hydrogens (primary N) is 1. The van der Waals surface area contributed by atoms with Crippen LogP contribution in [0.15, 0.2) is 6.33 Å². The van der Waals surface area contributed by atoms with Crippen LogP contribution in [0.1, 0.15) is 36.3 Å². The summed E-state index contributed by atoms with van der Waals surface area (Å²) in [6, 6.07) is -0.631. The number of hydrogen-bond acceptors (Lipinski definition) is 6. The first kappa shape index (κ1) is 13.1. The lowest BCUT2D eigenvalue weighted by molar-refractivity contribution is -0.135. The normalized spacial score (nSPS) is 19.1. The molecule has 0 bridgehead atoms. The first-order valence-electron chi connectivity index (χ1n) is 5.87. The highest BCUT2D eigenvalue weighted by Crippen LogP contribution is 2.23. The summed E-state index contributed by atoms with van der Waals surface area (Å²) in [5.41, 5.74) is 5.78. The Kier molecular flexibility index (Phi) is 3.50. The maximum absolute atomic E-state index is 11.7. The number of nitrogens with one attached hydrogen (secondary N) is 1. The molecule has 102 valence electrons. The maximum Gasteiger partial charge on any atom is 0.360 e. The Morgan fingerprint density at radius 3 is 3.00 bits per heavy atom. The zero-order valence-electron chi connectivity index (χ0n) is 10.4. The number of imidazole rings is 1. The molecule has 2 amide bonds. The Bertz CT molecular complexity index is 537. The highest BCUT2D eigenvalue weighted by molar-refractivity contribution is 6.00. The van der Waals surface area contributed by atoms with Gasteiger partial charge in [0.15, 0.2) is 5.69 Å². The molecule has 3 N–H and O–H groups in total. The van der Waals surface area contributed by atoms with Crippen LogP contribution < -0.4 is 11.1 Å². The largest absolute Gasteiger partial charge is 0.461 e. The predicted octanol–water partition coefficient (Wildman–Crippen LogP) is -0.380. The van der Waals surface area contributed by atoms with E-state index in [2.05, 4.69) is 10.3 Å². The quantitative estimate of drug-likeness (QED) is 0.569. The number of carbonyl (C=O) groups excluding carboxylic acids is 3. The summed E-state index contributed by atoms with van der Waals surface area (Å²) in [4.78, 5) is 38.2. The summed E-state index contributed by atoms with van der Waals surface area (Å²) in [7, 11) is 0. The first-order valence-corrected chi connectivity index (χ1v) is 5.87. The molecule has 1 aliphatic rings. The molecular formula is C11H14N4O4. The van der Waals surface area contributed by atoms with Gasteiger partial charge in [-0.25, -0.2) is 9.78 Å². The third kappa shape index (κ3) is 2.42. The summed E-state index contributed by atoms with van der Waals surface area (Å²) in [6.07, 6.45) is 1.86. The van der Waals surface area contributed by atoms with Crippen molar-refractivity contribution in [3.05, 3.63) is 12.0 Å². The number of ether oxygens (including phenoxy) is 1. The lowest BCUT2D eigenvalue weighted by Crippen LogP contribution is -2.41. The van der Waals surface area contributed by atoms with Crippen molar-refractivity contribution in [1.29, 1.82) is 0 Å². The number of amides is 2. The lowest BCUT2D eigenvalue weighted by Gasteiger charge is -2.22. The number of piperidine rings is 1. The van der Waals surface area contributed by atoms with Crippen LogP contribution >= 0.6 is 0 Å². The van der Waals surface area contributed by atoms with Gasteiger partial charge in [0.2, 0.25) is 11.8 Å². The number of hydrogen-bond donors (Lipinski definition) is 2. The van der Waals surface area contributed by atoms with Crippen LogP contribution in [-0.4, -0.2) is 33.9 Å². The van der Waals surface area contributed by atoms with E-state index >= 15 is 0 Å². The molecule has 0 saturated carbocycles. The van der Waals surface area contributed by atoms with Crippen LogP contribution in [0.2, 0.25) is 0 Å². The Balaban J connectivity index is 2.24. The van der Waals surface area contributed by atoms with E-state index in [1.165, 1.54) is 10.9 Å². The fourth-order valence-corrected chi connectivity index (χ4v) is 1.92. The molecule has 2 heterocycles. The van der Waals surface area contributed by atoms with Crippen molar-refractivity contribution in [3.63, 3.8) is 0 Å². The van der Waals surface area contributed by atoms with E-state index in [-0.39, 0.29) is 30.4 Å². The Morgan fingerprint density at radius 2 is 2.37 bits per heavy atom. The van der Waals surface area contributed by atoms with Gasteiger partial charge in [-0.15, -0.1) is 0 Å². The van der Waals surface area contributed by atoms with Crippen LogP contribution in [0.3, 0.4) is 0 Å². The monoisotopic (exact) mass is 266 g/mol. The zero-order valence-corrected chi connectivity index (χ0v) is 10.4. The predicted molar refractivity (Wildman–Crippen MR) is 64.0 cm³/mol. The van der Waals surface area contributed by atoms with Gasteiger partial charge in [-0.1, -0.05) is 0 Å². The fraction of sp³-hybridized carbons (Fsp3) is 0.455. The van der Waals surface area contributed by atoms with Crippen molar-refractivity contribution in [2.75, 3.05) is 12.3 Å². The number of imide groups is 1. The fourth-order valence-electron chi connectivity index (χ4n) is 1.92. The van der Waals surface area contributed by atoms with E-state index in [1.807, 2.05) is 0 Å². The second kappa shape index (κ2) is 5.09. The van der Waals surface area contributed by atoms with Gasteiger partial charge >= 0.3 is 5.97 Å². The van der Waals surface area contributed by atoms with Crippen LogP contribution in [-0.2, 0) is 14.3 Å². The average molecular weight is 266 g/mol. The molecular weight excluding hydrogens is 252 g/mol. The number of esters is 1. The van der Waals surface area contributed by atoms with Crippen molar-refractivity contribution < 1.29 is 19.1 Å². The highest BCUT2D eigenvalue weighted by atomic mass is 16.5. The van der Waals surface area contributed by atoms with Crippen LogP contribution in [0, 0.1) is 0 Å². The third-order valence-corrected chi connectivity index (χ3v) is 2.85. The smallest absolute Gasteiger partial charge is 0.360 e. The Hall–Kier alpha value is -2.38. The van der Waals surface area contributed by atoms with Gasteiger partial charge in [0.1, 0.15) is 11.9 Å². The molecule has 1 fully saturated rings. The second-order valence-corrected chi connectivity index (χ2v) is 4.07. The molecule has 8 nitrogen and oxygen atoms in total. The molecule has 0 radical (unpaired) electrons. The molecule has 0 spiro atoms. The minimum atomic E-state index is -0.633. The van der Waals surface area contributed by atoms with Gasteiger partial charge in [-0.3, -0.25) is 14.9 Å². The number of anilines is 1. The molecule has 1 aromatic rings. The topological polar surface area (TPSA) is 116 Å². The standard InChI is InChI=1S/C11H14N4O4/c1-2-19-11(18)8-9(12)15(5-13-8)6-3-4-7(16)14-10(6)17/h5-6H,2-4,12H2,1H3,(H,14,16,17).